The molecule has 0 amide bonds. The van der Waals surface area contributed by atoms with Crippen LogP contribution in [0.2, 0.25) is 0 Å². The second kappa shape index (κ2) is 7.89. The van der Waals surface area contributed by atoms with E-state index in [0.717, 1.165) is 26.1 Å². The summed E-state index contributed by atoms with van der Waals surface area (Å²) in [4.78, 5) is 2.42. The Morgan fingerprint density at radius 2 is 2.00 bits per heavy atom. The maximum atomic E-state index is 5.60. The van der Waals surface area contributed by atoms with E-state index in [-0.39, 0.29) is 0 Å². The molecule has 0 aliphatic heterocycles. The van der Waals surface area contributed by atoms with Gasteiger partial charge in [0.25, 0.3) is 0 Å². The smallest absolute Gasteiger partial charge is 0.0160 e. The lowest BCUT2D eigenvalue weighted by Gasteiger charge is -2.26. The van der Waals surface area contributed by atoms with Crippen LogP contribution in [0.5, 0.6) is 0 Å². The number of nitrogens with zero attached hydrogens (tertiary/aromatic N) is 1. The van der Waals surface area contributed by atoms with E-state index in [0.29, 0.717) is 5.41 Å². The van der Waals surface area contributed by atoms with E-state index in [2.05, 4.69) is 32.3 Å². The summed E-state index contributed by atoms with van der Waals surface area (Å²) >= 11 is 0. The molecule has 0 atom stereocenters. The molecule has 0 saturated heterocycles. The molecule has 15 heavy (non-hydrogen) atoms. The fourth-order valence-corrected chi connectivity index (χ4v) is 1.86. The molecule has 2 nitrogen and oxygen atoms in total. The highest BCUT2D eigenvalue weighted by Gasteiger charge is 2.16. The lowest BCUT2D eigenvalue weighted by molar-refractivity contribution is 0.256. The molecule has 90 valence electrons. The molecule has 0 aromatic carbocycles. The van der Waals surface area contributed by atoms with Gasteiger partial charge < -0.3 is 5.73 Å². The lowest BCUT2D eigenvalue weighted by Crippen LogP contribution is -2.26. The highest BCUT2D eigenvalue weighted by molar-refractivity contribution is 4.74. The first kappa shape index (κ1) is 14.7. The molecule has 0 unspecified atom stereocenters. The zero-order valence-corrected chi connectivity index (χ0v) is 10.8. The molecular weight excluding hydrogens is 184 g/mol. The van der Waals surface area contributed by atoms with E-state index in [1.165, 1.54) is 19.4 Å². The Bertz CT molecular complexity index is 164. The van der Waals surface area contributed by atoms with Gasteiger partial charge in [0.05, 0.1) is 0 Å². The van der Waals surface area contributed by atoms with Crippen molar-refractivity contribution in [3.63, 3.8) is 0 Å². The summed E-state index contributed by atoms with van der Waals surface area (Å²) in [7, 11) is 0. The third kappa shape index (κ3) is 7.57. The van der Waals surface area contributed by atoms with E-state index in [4.69, 9.17) is 5.73 Å². The summed E-state index contributed by atoms with van der Waals surface area (Å²) in [6.45, 7) is 14.7. The average Bonchev–Trinajstić information content (AvgIpc) is 2.16. The number of hydrogen-bond acceptors (Lipinski definition) is 2. The molecule has 0 saturated carbocycles. The number of nitrogens with two attached hydrogens (primary N) is 1. The summed E-state index contributed by atoms with van der Waals surface area (Å²) < 4.78 is 0. The second-order valence-electron chi connectivity index (χ2n) is 4.99. The van der Waals surface area contributed by atoms with E-state index >= 15 is 0 Å². The van der Waals surface area contributed by atoms with Crippen molar-refractivity contribution in [2.75, 3.05) is 26.2 Å². The average molecular weight is 212 g/mol. The van der Waals surface area contributed by atoms with Crippen molar-refractivity contribution in [3.05, 3.63) is 12.7 Å². The minimum absolute atomic E-state index is 0.405. The summed E-state index contributed by atoms with van der Waals surface area (Å²) in [6, 6.07) is 0. The van der Waals surface area contributed by atoms with Gasteiger partial charge in [-0.15, -0.1) is 6.58 Å². The number of rotatable bonds is 9. The molecule has 0 heterocycles. The molecule has 0 rings (SSSR count). The summed E-state index contributed by atoms with van der Waals surface area (Å²) in [5.41, 5.74) is 6.00. The van der Waals surface area contributed by atoms with Crippen LogP contribution in [0.3, 0.4) is 0 Å². The molecule has 0 bridgehead atoms. The van der Waals surface area contributed by atoms with Crippen LogP contribution in [-0.2, 0) is 0 Å². The number of likely N-dealkylation sites (N-methyl/N-ethyl adjacent to an activating group) is 1. The largest absolute Gasteiger partial charge is 0.330 e. The molecule has 0 fully saturated rings. The standard InChI is InChI=1S/C13H28N2/c1-5-11-15(6-2)12-7-8-13(3,4)9-10-14/h5H,1,6-12,14H2,2-4H3. The molecule has 0 aliphatic rings. The van der Waals surface area contributed by atoms with Crippen LogP contribution < -0.4 is 5.73 Å². The first-order chi connectivity index (χ1) is 7.05. The maximum absolute atomic E-state index is 5.60. The zero-order valence-electron chi connectivity index (χ0n) is 10.8. The van der Waals surface area contributed by atoms with Gasteiger partial charge in [0, 0.05) is 6.54 Å². The first-order valence-electron chi connectivity index (χ1n) is 6.09. The van der Waals surface area contributed by atoms with Crippen LogP contribution in [0.15, 0.2) is 12.7 Å². The molecule has 0 aliphatic carbocycles. The minimum atomic E-state index is 0.405. The maximum Gasteiger partial charge on any atom is 0.0160 e. The van der Waals surface area contributed by atoms with Gasteiger partial charge >= 0.3 is 0 Å². The topological polar surface area (TPSA) is 29.3 Å². The second-order valence-corrected chi connectivity index (χ2v) is 4.99. The van der Waals surface area contributed by atoms with E-state index < -0.39 is 0 Å². The highest BCUT2D eigenvalue weighted by atomic mass is 15.1. The van der Waals surface area contributed by atoms with Crippen molar-refractivity contribution < 1.29 is 0 Å². The highest BCUT2D eigenvalue weighted by Crippen LogP contribution is 2.25. The van der Waals surface area contributed by atoms with Gasteiger partial charge in [-0.1, -0.05) is 26.8 Å². The quantitative estimate of drug-likeness (QED) is 0.595. The summed E-state index contributed by atoms with van der Waals surface area (Å²) in [5.74, 6) is 0. The van der Waals surface area contributed by atoms with Crippen LogP contribution in [-0.4, -0.2) is 31.1 Å². The summed E-state index contributed by atoms with van der Waals surface area (Å²) in [6.07, 6.45) is 5.63. The van der Waals surface area contributed by atoms with Crippen molar-refractivity contribution in [1.82, 2.24) is 4.90 Å². The number of hydrogen-bond donors (Lipinski definition) is 1. The SMILES string of the molecule is C=CCN(CC)CCCC(C)(C)CCN. The molecule has 0 radical (unpaired) electrons. The van der Waals surface area contributed by atoms with Gasteiger partial charge in [-0.25, -0.2) is 0 Å². The van der Waals surface area contributed by atoms with Crippen molar-refractivity contribution >= 4 is 0 Å². The molecule has 0 aromatic heterocycles. The van der Waals surface area contributed by atoms with Gasteiger partial charge in [-0.2, -0.15) is 0 Å². The third-order valence-electron chi connectivity index (χ3n) is 2.98. The predicted molar refractivity (Wildman–Crippen MR) is 69.0 cm³/mol. The lowest BCUT2D eigenvalue weighted by atomic mass is 9.84. The van der Waals surface area contributed by atoms with Crippen molar-refractivity contribution in [2.24, 2.45) is 11.1 Å². The van der Waals surface area contributed by atoms with Crippen molar-refractivity contribution in [3.8, 4) is 0 Å². The Morgan fingerprint density at radius 1 is 1.33 bits per heavy atom. The Kier molecular flexibility index (Phi) is 7.71. The van der Waals surface area contributed by atoms with Gasteiger partial charge in [-0.05, 0) is 44.3 Å². The van der Waals surface area contributed by atoms with Gasteiger partial charge in [0.1, 0.15) is 0 Å². The van der Waals surface area contributed by atoms with Crippen LogP contribution in [0.25, 0.3) is 0 Å². The van der Waals surface area contributed by atoms with Crippen LogP contribution >= 0.6 is 0 Å². The molecule has 2 N–H and O–H groups in total. The minimum Gasteiger partial charge on any atom is -0.330 e. The Balaban J connectivity index is 3.70. The van der Waals surface area contributed by atoms with Crippen LogP contribution in [0, 0.1) is 5.41 Å². The third-order valence-corrected chi connectivity index (χ3v) is 2.98. The van der Waals surface area contributed by atoms with Gasteiger partial charge in [0.15, 0.2) is 0 Å². The van der Waals surface area contributed by atoms with Gasteiger partial charge in [0.2, 0.25) is 0 Å². The normalized spacial score (nSPS) is 12.1. The van der Waals surface area contributed by atoms with Crippen LogP contribution in [0.1, 0.15) is 40.0 Å². The van der Waals surface area contributed by atoms with Crippen LogP contribution in [0.4, 0.5) is 0 Å². The van der Waals surface area contributed by atoms with E-state index in [1.807, 2.05) is 6.08 Å². The molecule has 2 heteroatoms. The Morgan fingerprint density at radius 3 is 2.47 bits per heavy atom. The van der Waals surface area contributed by atoms with E-state index in [1.54, 1.807) is 0 Å². The Hall–Kier alpha value is -0.340. The molecule has 0 aromatic rings. The fourth-order valence-electron chi connectivity index (χ4n) is 1.86. The Labute approximate surface area is 95.5 Å². The monoisotopic (exact) mass is 212 g/mol. The predicted octanol–water partition coefficient (Wildman–Crippen LogP) is 2.65. The summed E-state index contributed by atoms with van der Waals surface area (Å²) in [5, 5.41) is 0. The zero-order chi connectivity index (χ0) is 11.7. The molecule has 0 spiro atoms. The first-order valence-corrected chi connectivity index (χ1v) is 6.09. The van der Waals surface area contributed by atoms with Gasteiger partial charge in [-0.3, -0.25) is 4.90 Å². The van der Waals surface area contributed by atoms with Crippen molar-refractivity contribution in [1.29, 1.82) is 0 Å². The molecular formula is C13H28N2. The fraction of sp³-hybridized carbons (Fsp3) is 0.846. The van der Waals surface area contributed by atoms with Crippen molar-refractivity contribution in [2.45, 2.75) is 40.0 Å². The van der Waals surface area contributed by atoms with E-state index in [9.17, 15) is 0 Å².